The minimum Gasteiger partial charge on any atom is -0.353 e. The molecule has 1 rings (SSSR count). The smallest absolute Gasteiger partial charge is 0.346 e. The average molecular weight is 320 g/mol. The van der Waals surface area contributed by atoms with Crippen molar-refractivity contribution in [1.82, 2.24) is 15.3 Å². The van der Waals surface area contributed by atoms with Crippen LogP contribution in [0, 0.1) is 5.41 Å². The molecule has 0 aliphatic carbocycles. The maximum absolute atomic E-state index is 11.8. The first-order chi connectivity index (χ1) is 10.7. The lowest BCUT2D eigenvalue weighted by molar-refractivity contribution is -0.116. The summed E-state index contributed by atoms with van der Waals surface area (Å²) in [6.45, 7) is 8.39. The highest BCUT2D eigenvalue weighted by molar-refractivity contribution is 5.94. The fourth-order valence-electron chi connectivity index (χ4n) is 1.86. The molecule has 0 radical (unpaired) electrons. The lowest BCUT2D eigenvalue weighted by Gasteiger charge is -2.17. The number of aromatic amines is 1. The van der Waals surface area contributed by atoms with Crippen molar-refractivity contribution in [2.75, 3.05) is 11.9 Å². The number of carbonyl (C=O) groups excluding carboxylic acids is 2. The molecule has 2 amide bonds. The van der Waals surface area contributed by atoms with Crippen molar-refractivity contribution < 1.29 is 9.59 Å². The van der Waals surface area contributed by atoms with Crippen LogP contribution in [0.1, 0.15) is 46.1 Å². The first-order valence-corrected chi connectivity index (χ1v) is 7.50. The van der Waals surface area contributed by atoms with Crippen molar-refractivity contribution in [3.8, 4) is 0 Å². The van der Waals surface area contributed by atoms with Crippen LogP contribution in [-0.4, -0.2) is 28.3 Å². The Kier molecular flexibility index (Phi) is 6.68. The van der Waals surface area contributed by atoms with Gasteiger partial charge in [-0.1, -0.05) is 20.8 Å². The number of rotatable bonds is 6. The molecule has 7 nitrogen and oxygen atoms in total. The van der Waals surface area contributed by atoms with Gasteiger partial charge in [-0.2, -0.15) is 0 Å². The van der Waals surface area contributed by atoms with Crippen LogP contribution < -0.4 is 16.3 Å². The van der Waals surface area contributed by atoms with Gasteiger partial charge in [0.15, 0.2) is 0 Å². The summed E-state index contributed by atoms with van der Waals surface area (Å²) in [6, 6.07) is 0. The molecule has 126 valence electrons. The summed E-state index contributed by atoms with van der Waals surface area (Å²) in [7, 11) is 0. The van der Waals surface area contributed by atoms with Gasteiger partial charge in [-0.3, -0.25) is 14.6 Å². The molecular weight excluding hydrogens is 296 g/mol. The lowest BCUT2D eigenvalue weighted by Crippen LogP contribution is -2.23. The summed E-state index contributed by atoms with van der Waals surface area (Å²) < 4.78 is 0. The van der Waals surface area contributed by atoms with Gasteiger partial charge in [-0.25, -0.2) is 9.78 Å². The maximum Gasteiger partial charge on any atom is 0.346 e. The monoisotopic (exact) mass is 320 g/mol. The number of anilines is 1. The highest BCUT2D eigenvalue weighted by Crippen LogP contribution is 2.19. The van der Waals surface area contributed by atoms with Crippen molar-refractivity contribution in [2.45, 2.75) is 40.5 Å². The Hall–Kier alpha value is -2.44. The molecule has 0 atom stereocenters. The number of hydrogen-bond acceptors (Lipinski definition) is 4. The van der Waals surface area contributed by atoms with E-state index in [-0.39, 0.29) is 23.0 Å². The zero-order valence-corrected chi connectivity index (χ0v) is 14.0. The Morgan fingerprint density at radius 1 is 1.35 bits per heavy atom. The SMILES string of the molecule is CC(=O)Nc1[nH]c(=O)ncc1/C=C/C(=O)NCCCC(C)(C)C. The summed E-state index contributed by atoms with van der Waals surface area (Å²) in [5.41, 5.74) is 0.122. The highest BCUT2D eigenvalue weighted by Gasteiger charge is 2.09. The van der Waals surface area contributed by atoms with Gasteiger partial charge in [0.1, 0.15) is 5.82 Å². The molecule has 0 saturated carbocycles. The van der Waals surface area contributed by atoms with Crippen molar-refractivity contribution in [3.05, 3.63) is 28.3 Å². The minimum atomic E-state index is -0.572. The second-order valence-corrected chi connectivity index (χ2v) is 6.49. The molecule has 3 N–H and O–H groups in total. The van der Waals surface area contributed by atoms with Crippen LogP contribution >= 0.6 is 0 Å². The van der Waals surface area contributed by atoms with Crippen LogP contribution in [0.5, 0.6) is 0 Å². The molecule has 0 bridgehead atoms. The van der Waals surface area contributed by atoms with E-state index in [9.17, 15) is 14.4 Å². The number of nitrogens with one attached hydrogen (secondary N) is 3. The van der Waals surface area contributed by atoms with Crippen molar-refractivity contribution in [2.24, 2.45) is 5.41 Å². The van der Waals surface area contributed by atoms with E-state index in [1.54, 1.807) is 0 Å². The summed E-state index contributed by atoms with van der Waals surface area (Å²) in [4.78, 5) is 40.1. The molecule has 0 spiro atoms. The van der Waals surface area contributed by atoms with E-state index in [1.807, 2.05) is 0 Å². The average Bonchev–Trinajstić information content (AvgIpc) is 2.41. The fourth-order valence-corrected chi connectivity index (χ4v) is 1.86. The van der Waals surface area contributed by atoms with Crippen LogP contribution in [0.3, 0.4) is 0 Å². The van der Waals surface area contributed by atoms with Crippen molar-refractivity contribution in [1.29, 1.82) is 0 Å². The predicted molar refractivity (Wildman–Crippen MR) is 89.9 cm³/mol. The standard InChI is InChI=1S/C16H24N4O3/c1-11(21)19-14-12(10-18-15(23)20-14)6-7-13(22)17-9-5-8-16(2,3)4/h6-7,10H,5,8-9H2,1-4H3,(H,17,22)(H2,18,19,20,21,23)/b7-6+. The van der Waals surface area contributed by atoms with E-state index in [0.717, 1.165) is 12.8 Å². The topological polar surface area (TPSA) is 104 Å². The van der Waals surface area contributed by atoms with E-state index in [2.05, 4.69) is 41.4 Å². The molecule has 0 saturated heterocycles. The zero-order valence-electron chi connectivity index (χ0n) is 14.0. The Balaban J connectivity index is 2.61. The van der Waals surface area contributed by atoms with Gasteiger partial charge in [0.2, 0.25) is 11.8 Å². The molecule has 1 aromatic heterocycles. The third-order valence-electron chi connectivity index (χ3n) is 2.96. The van der Waals surface area contributed by atoms with Crippen molar-refractivity contribution in [3.63, 3.8) is 0 Å². The van der Waals surface area contributed by atoms with Gasteiger partial charge in [-0.05, 0) is 24.3 Å². The van der Waals surface area contributed by atoms with Crippen LogP contribution in [0.2, 0.25) is 0 Å². The summed E-state index contributed by atoms with van der Waals surface area (Å²) in [5, 5.41) is 5.28. The van der Waals surface area contributed by atoms with Crippen LogP contribution in [0.4, 0.5) is 5.82 Å². The minimum absolute atomic E-state index is 0.217. The molecule has 1 heterocycles. The molecule has 0 unspecified atom stereocenters. The normalized spacial score (nSPS) is 11.5. The highest BCUT2D eigenvalue weighted by atomic mass is 16.2. The third kappa shape index (κ3) is 7.94. The number of aromatic nitrogens is 2. The number of nitrogens with zero attached hydrogens (tertiary/aromatic N) is 1. The third-order valence-corrected chi connectivity index (χ3v) is 2.96. The van der Waals surface area contributed by atoms with E-state index >= 15 is 0 Å². The Morgan fingerprint density at radius 3 is 2.65 bits per heavy atom. The molecule has 23 heavy (non-hydrogen) atoms. The number of H-pyrrole nitrogens is 1. The van der Waals surface area contributed by atoms with Crippen molar-refractivity contribution >= 4 is 23.7 Å². The molecule has 7 heteroatoms. The van der Waals surface area contributed by atoms with E-state index < -0.39 is 5.69 Å². The Morgan fingerprint density at radius 2 is 2.04 bits per heavy atom. The largest absolute Gasteiger partial charge is 0.353 e. The Bertz CT molecular complexity index is 641. The molecule has 1 aromatic rings. The van der Waals surface area contributed by atoms with Crippen LogP contribution in [0.25, 0.3) is 6.08 Å². The second kappa shape index (κ2) is 8.26. The number of carbonyl (C=O) groups is 2. The molecule has 0 aliphatic rings. The second-order valence-electron chi connectivity index (χ2n) is 6.49. The fraction of sp³-hybridized carbons (Fsp3) is 0.500. The predicted octanol–water partition coefficient (Wildman–Crippen LogP) is 1.68. The quantitative estimate of drug-likeness (QED) is 0.548. The summed E-state index contributed by atoms with van der Waals surface area (Å²) in [5.74, 6) is -0.346. The van der Waals surface area contributed by atoms with E-state index in [1.165, 1.54) is 25.3 Å². The summed E-state index contributed by atoms with van der Waals surface area (Å²) >= 11 is 0. The number of hydrogen-bond donors (Lipinski definition) is 3. The van der Waals surface area contributed by atoms with Gasteiger partial charge >= 0.3 is 5.69 Å². The Labute approximate surface area is 135 Å². The van der Waals surface area contributed by atoms with E-state index in [0.29, 0.717) is 12.1 Å². The molecule has 0 aliphatic heterocycles. The maximum atomic E-state index is 11.8. The zero-order chi connectivity index (χ0) is 17.5. The first kappa shape index (κ1) is 18.6. The lowest BCUT2D eigenvalue weighted by atomic mass is 9.91. The van der Waals surface area contributed by atoms with Gasteiger partial charge in [0.25, 0.3) is 0 Å². The molecule has 0 fully saturated rings. The van der Waals surface area contributed by atoms with Crippen LogP contribution in [-0.2, 0) is 9.59 Å². The van der Waals surface area contributed by atoms with Gasteiger partial charge in [0.05, 0.1) is 0 Å². The molecule has 0 aromatic carbocycles. The van der Waals surface area contributed by atoms with Gasteiger partial charge in [-0.15, -0.1) is 0 Å². The summed E-state index contributed by atoms with van der Waals surface area (Å²) in [6.07, 6.45) is 6.06. The number of amides is 2. The van der Waals surface area contributed by atoms with Gasteiger partial charge in [0, 0.05) is 31.3 Å². The first-order valence-electron chi connectivity index (χ1n) is 7.50. The van der Waals surface area contributed by atoms with E-state index in [4.69, 9.17) is 0 Å². The molecular formula is C16H24N4O3. The van der Waals surface area contributed by atoms with Gasteiger partial charge < -0.3 is 10.6 Å². The van der Waals surface area contributed by atoms with Crippen LogP contribution in [0.15, 0.2) is 17.1 Å².